The van der Waals surface area contributed by atoms with Gasteiger partial charge in [0.15, 0.2) is 11.5 Å². The van der Waals surface area contributed by atoms with Crippen molar-refractivity contribution in [1.29, 1.82) is 0 Å². The van der Waals surface area contributed by atoms with Crippen LogP contribution in [0.5, 0.6) is 11.5 Å². The molecule has 0 saturated heterocycles. The number of benzene rings is 1. The van der Waals surface area contributed by atoms with E-state index >= 15 is 0 Å². The van der Waals surface area contributed by atoms with Gasteiger partial charge in [0.1, 0.15) is 17.5 Å². The van der Waals surface area contributed by atoms with Gasteiger partial charge in [-0.1, -0.05) is 29.3 Å². The molecule has 7 heteroatoms. The van der Waals surface area contributed by atoms with Crippen LogP contribution in [0.2, 0.25) is 10.2 Å². The second-order valence-corrected chi connectivity index (χ2v) is 4.89. The van der Waals surface area contributed by atoms with Gasteiger partial charge in [-0.2, -0.15) is 0 Å². The molecule has 0 radical (unpaired) electrons. The summed E-state index contributed by atoms with van der Waals surface area (Å²) in [6.07, 6.45) is 0. The fourth-order valence-electron chi connectivity index (χ4n) is 1.77. The Balaban J connectivity index is 1.66. The van der Waals surface area contributed by atoms with Crippen LogP contribution in [-0.4, -0.2) is 17.7 Å². The van der Waals surface area contributed by atoms with Crippen LogP contribution in [0.15, 0.2) is 24.3 Å². The molecule has 1 aliphatic rings. The molecule has 0 saturated carbocycles. The number of esters is 1. The van der Waals surface area contributed by atoms with E-state index in [-0.39, 0.29) is 29.3 Å². The Kier molecular flexibility index (Phi) is 3.46. The zero-order valence-corrected chi connectivity index (χ0v) is 11.6. The number of nitrogens with one attached hydrogen (secondary N) is 1. The van der Waals surface area contributed by atoms with Crippen LogP contribution >= 0.6 is 23.2 Å². The molecule has 0 amide bonds. The van der Waals surface area contributed by atoms with E-state index in [4.69, 9.17) is 37.4 Å². The molecule has 2 heterocycles. The van der Waals surface area contributed by atoms with E-state index in [0.29, 0.717) is 11.5 Å². The van der Waals surface area contributed by atoms with Crippen molar-refractivity contribution in [3.05, 3.63) is 45.7 Å². The second kappa shape index (κ2) is 5.26. The van der Waals surface area contributed by atoms with E-state index in [9.17, 15) is 4.79 Å². The van der Waals surface area contributed by atoms with Gasteiger partial charge < -0.3 is 19.2 Å². The van der Waals surface area contributed by atoms with Gasteiger partial charge in [0, 0.05) is 0 Å². The third kappa shape index (κ3) is 2.55. The molecular weight excluding hydrogens is 305 g/mol. The highest BCUT2D eigenvalue weighted by molar-refractivity contribution is 6.41. The van der Waals surface area contributed by atoms with Crippen molar-refractivity contribution >= 4 is 29.2 Å². The van der Waals surface area contributed by atoms with Gasteiger partial charge in [0.05, 0.1) is 5.02 Å². The topological polar surface area (TPSA) is 60.6 Å². The van der Waals surface area contributed by atoms with Crippen molar-refractivity contribution in [1.82, 2.24) is 4.98 Å². The first kappa shape index (κ1) is 13.1. The Hall–Kier alpha value is -1.85. The molecule has 0 aliphatic carbocycles. The van der Waals surface area contributed by atoms with Crippen LogP contribution in [0.1, 0.15) is 16.1 Å². The average Bonchev–Trinajstić information content (AvgIpc) is 3.03. The molecule has 3 rings (SSSR count). The molecule has 1 aromatic heterocycles. The highest BCUT2D eigenvalue weighted by Gasteiger charge is 2.15. The number of carbonyl (C=O) groups excluding carboxylic acids is 1. The monoisotopic (exact) mass is 313 g/mol. The van der Waals surface area contributed by atoms with Crippen molar-refractivity contribution in [3.8, 4) is 11.5 Å². The minimum atomic E-state index is -0.531. The summed E-state index contributed by atoms with van der Waals surface area (Å²) >= 11 is 11.5. The zero-order valence-electron chi connectivity index (χ0n) is 10.1. The van der Waals surface area contributed by atoms with Crippen LogP contribution in [0.3, 0.4) is 0 Å². The first-order valence-corrected chi connectivity index (χ1v) is 6.49. The van der Waals surface area contributed by atoms with E-state index in [1.54, 1.807) is 18.2 Å². The van der Waals surface area contributed by atoms with E-state index in [1.807, 2.05) is 0 Å². The highest BCUT2D eigenvalue weighted by atomic mass is 35.5. The van der Waals surface area contributed by atoms with Crippen LogP contribution in [0.4, 0.5) is 0 Å². The summed E-state index contributed by atoms with van der Waals surface area (Å²) in [4.78, 5) is 14.4. The molecule has 1 aromatic carbocycles. The van der Waals surface area contributed by atoms with E-state index in [0.717, 1.165) is 5.56 Å². The second-order valence-electron chi connectivity index (χ2n) is 4.11. The number of hydrogen-bond donors (Lipinski definition) is 1. The summed E-state index contributed by atoms with van der Waals surface area (Å²) < 4.78 is 15.6. The van der Waals surface area contributed by atoms with Crippen LogP contribution < -0.4 is 9.47 Å². The Morgan fingerprint density at radius 1 is 1.25 bits per heavy atom. The van der Waals surface area contributed by atoms with Crippen LogP contribution in [0, 0.1) is 0 Å². The quantitative estimate of drug-likeness (QED) is 0.882. The first-order chi connectivity index (χ1) is 9.63. The molecule has 104 valence electrons. The van der Waals surface area contributed by atoms with Crippen LogP contribution in [0.25, 0.3) is 0 Å². The third-order valence-corrected chi connectivity index (χ3v) is 3.44. The van der Waals surface area contributed by atoms with Gasteiger partial charge in [-0.05, 0) is 23.8 Å². The predicted molar refractivity (Wildman–Crippen MR) is 72.5 cm³/mol. The number of aromatic amines is 1. The van der Waals surface area contributed by atoms with Gasteiger partial charge in [-0.3, -0.25) is 0 Å². The Morgan fingerprint density at radius 2 is 2.05 bits per heavy atom. The van der Waals surface area contributed by atoms with Crippen molar-refractivity contribution in [2.45, 2.75) is 6.61 Å². The maximum absolute atomic E-state index is 11.8. The maximum atomic E-state index is 11.8. The maximum Gasteiger partial charge on any atom is 0.355 e. The summed E-state index contributed by atoms with van der Waals surface area (Å²) in [6.45, 7) is 0.321. The number of hydrogen-bond acceptors (Lipinski definition) is 4. The lowest BCUT2D eigenvalue weighted by atomic mass is 10.2. The van der Waals surface area contributed by atoms with Crippen molar-refractivity contribution in [2.75, 3.05) is 6.79 Å². The number of aromatic nitrogens is 1. The summed E-state index contributed by atoms with van der Waals surface area (Å²) in [5.41, 5.74) is 1.01. The molecule has 20 heavy (non-hydrogen) atoms. The van der Waals surface area contributed by atoms with Crippen molar-refractivity contribution < 1.29 is 19.0 Å². The molecule has 5 nitrogen and oxygen atoms in total. The average molecular weight is 314 g/mol. The summed E-state index contributed by atoms with van der Waals surface area (Å²) in [5, 5.41) is 0.489. The van der Waals surface area contributed by atoms with Gasteiger partial charge in [0.25, 0.3) is 0 Å². The smallest absolute Gasteiger partial charge is 0.355 e. The predicted octanol–water partition coefficient (Wildman–Crippen LogP) is 3.41. The number of ether oxygens (including phenoxy) is 3. The Labute approximate surface area is 124 Å². The molecular formula is C13H9Cl2NO4. The molecule has 0 bridgehead atoms. The van der Waals surface area contributed by atoms with Crippen LogP contribution in [-0.2, 0) is 11.3 Å². The van der Waals surface area contributed by atoms with Gasteiger partial charge in [-0.25, -0.2) is 4.79 Å². The number of H-pyrrole nitrogens is 1. The van der Waals surface area contributed by atoms with Gasteiger partial charge in [-0.15, -0.1) is 0 Å². The number of halogens is 2. The molecule has 1 aliphatic heterocycles. The van der Waals surface area contributed by atoms with E-state index in [1.165, 1.54) is 6.07 Å². The Bertz CT molecular complexity index is 649. The normalized spacial score (nSPS) is 12.5. The lowest BCUT2D eigenvalue weighted by Gasteiger charge is -2.04. The zero-order chi connectivity index (χ0) is 14.1. The molecule has 0 fully saturated rings. The van der Waals surface area contributed by atoms with Gasteiger partial charge in [0.2, 0.25) is 6.79 Å². The summed E-state index contributed by atoms with van der Waals surface area (Å²) in [6, 6.07) is 6.76. The molecule has 0 unspecified atom stereocenters. The number of rotatable bonds is 3. The SMILES string of the molecule is O=C(OCc1ccc2c(c1)OCO2)c1cc(Cl)c(Cl)[nH]1. The van der Waals surface area contributed by atoms with E-state index < -0.39 is 5.97 Å². The van der Waals surface area contributed by atoms with Crippen molar-refractivity contribution in [2.24, 2.45) is 0 Å². The molecule has 0 atom stereocenters. The third-order valence-electron chi connectivity index (χ3n) is 2.75. The molecule has 0 spiro atoms. The fourth-order valence-corrected chi connectivity index (χ4v) is 2.08. The Morgan fingerprint density at radius 3 is 2.80 bits per heavy atom. The largest absolute Gasteiger partial charge is 0.456 e. The minimum absolute atomic E-state index is 0.115. The molecule has 2 aromatic rings. The summed E-state index contributed by atoms with van der Waals surface area (Å²) in [5.74, 6) is 0.795. The fraction of sp³-hybridized carbons (Fsp3) is 0.154. The lowest BCUT2D eigenvalue weighted by molar-refractivity contribution is 0.0466. The molecule has 1 N–H and O–H groups in total. The first-order valence-electron chi connectivity index (χ1n) is 5.73. The van der Waals surface area contributed by atoms with E-state index in [2.05, 4.69) is 4.98 Å². The highest BCUT2D eigenvalue weighted by Crippen LogP contribution is 2.32. The standard InChI is InChI=1S/C13H9Cl2NO4/c14-8-4-9(16-12(8)15)13(17)18-5-7-1-2-10-11(3-7)20-6-19-10/h1-4,16H,5-6H2. The number of fused-ring (bicyclic) bond motifs is 1. The van der Waals surface area contributed by atoms with Crippen molar-refractivity contribution in [3.63, 3.8) is 0 Å². The minimum Gasteiger partial charge on any atom is -0.456 e. The summed E-state index contributed by atoms with van der Waals surface area (Å²) in [7, 11) is 0. The van der Waals surface area contributed by atoms with Gasteiger partial charge >= 0.3 is 5.97 Å². The lowest BCUT2D eigenvalue weighted by Crippen LogP contribution is -2.05. The number of carbonyl (C=O) groups is 1.